The molecule has 0 radical (unpaired) electrons. The molecule has 1 atom stereocenters. The monoisotopic (exact) mass is 352 g/mol. The highest BCUT2D eigenvalue weighted by Crippen LogP contribution is 2.18. The van der Waals surface area contributed by atoms with E-state index in [1.54, 1.807) is 0 Å². The van der Waals surface area contributed by atoms with Gasteiger partial charge in [-0.2, -0.15) is 0 Å². The van der Waals surface area contributed by atoms with E-state index in [2.05, 4.69) is 20.8 Å². The van der Waals surface area contributed by atoms with E-state index >= 15 is 0 Å². The second-order valence-electron chi connectivity index (χ2n) is 8.32. The summed E-state index contributed by atoms with van der Waals surface area (Å²) in [5.41, 5.74) is 0. The lowest BCUT2D eigenvalue weighted by atomic mass is 9.95. The summed E-state index contributed by atoms with van der Waals surface area (Å²) >= 11 is 0. The molecule has 0 aliphatic rings. The lowest BCUT2D eigenvalue weighted by molar-refractivity contribution is -0.119. The maximum Gasteiger partial charge on any atom is 0.132 e. The molecule has 0 saturated carbocycles. The molecule has 0 aliphatic heterocycles. The standard InChI is InChI=1S/C24H48O/c1-4-6-8-10-12-14-15-17-19-23(3)21-22-24(25)20-18-16-13-11-9-7-5-2/h23H,4-22H2,1-3H3. The smallest absolute Gasteiger partial charge is 0.132 e. The third-order valence-corrected chi connectivity index (χ3v) is 5.53. The molecular formula is C24H48O. The first-order valence-corrected chi connectivity index (χ1v) is 11.7. The Labute approximate surface area is 159 Å². The zero-order valence-electron chi connectivity index (χ0n) is 17.9. The third kappa shape index (κ3) is 19.8. The Morgan fingerprint density at radius 2 is 1.00 bits per heavy atom. The Morgan fingerprint density at radius 1 is 0.560 bits per heavy atom. The minimum Gasteiger partial charge on any atom is -0.300 e. The zero-order valence-corrected chi connectivity index (χ0v) is 17.9. The molecule has 25 heavy (non-hydrogen) atoms. The molecule has 0 heterocycles. The minimum absolute atomic E-state index is 0.510. The summed E-state index contributed by atoms with van der Waals surface area (Å²) in [6.07, 6.45) is 24.4. The summed E-state index contributed by atoms with van der Waals surface area (Å²) in [6, 6.07) is 0. The quantitative estimate of drug-likeness (QED) is 0.200. The first-order valence-electron chi connectivity index (χ1n) is 11.7. The average Bonchev–Trinajstić information content (AvgIpc) is 2.61. The predicted molar refractivity (Wildman–Crippen MR) is 113 cm³/mol. The van der Waals surface area contributed by atoms with Gasteiger partial charge in [-0.3, -0.25) is 4.79 Å². The van der Waals surface area contributed by atoms with Crippen LogP contribution in [-0.2, 0) is 4.79 Å². The van der Waals surface area contributed by atoms with Crippen molar-refractivity contribution in [2.75, 3.05) is 0 Å². The summed E-state index contributed by atoms with van der Waals surface area (Å²) in [5, 5.41) is 0. The summed E-state index contributed by atoms with van der Waals surface area (Å²) < 4.78 is 0. The van der Waals surface area contributed by atoms with Crippen molar-refractivity contribution in [1.82, 2.24) is 0 Å². The van der Waals surface area contributed by atoms with Crippen molar-refractivity contribution in [2.45, 2.75) is 143 Å². The SMILES string of the molecule is CCCCCCCCCCC(C)CCC(=O)CCCCCCCCC. The van der Waals surface area contributed by atoms with Gasteiger partial charge in [-0.15, -0.1) is 0 Å². The van der Waals surface area contributed by atoms with Gasteiger partial charge in [0.25, 0.3) is 0 Å². The predicted octanol–water partition coefficient (Wildman–Crippen LogP) is 8.64. The molecule has 1 unspecified atom stereocenters. The van der Waals surface area contributed by atoms with E-state index in [0.717, 1.165) is 31.6 Å². The number of rotatable bonds is 20. The van der Waals surface area contributed by atoms with Crippen LogP contribution in [0.2, 0.25) is 0 Å². The molecular weight excluding hydrogens is 304 g/mol. The van der Waals surface area contributed by atoms with Crippen LogP contribution in [-0.4, -0.2) is 5.78 Å². The lowest BCUT2D eigenvalue weighted by Crippen LogP contribution is -2.02. The van der Waals surface area contributed by atoms with Gasteiger partial charge >= 0.3 is 0 Å². The van der Waals surface area contributed by atoms with Gasteiger partial charge in [0.1, 0.15) is 5.78 Å². The van der Waals surface area contributed by atoms with Crippen LogP contribution >= 0.6 is 0 Å². The molecule has 1 nitrogen and oxygen atoms in total. The van der Waals surface area contributed by atoms with E-state index in [9.17, 15) is 4.79 Å². The average molecular weight is 353 g/mol. The van der Waals surface area contributed by atoms with Crippen molar-refractivity contribution >= 4 is 5.78 Å². The number of carbonyl (C=O) groups is 1. The minimum atomic E-state index is 0.510. The maximum atomic E-state index is 12.0. The Balaban J connectivity index is 3.32. The van der Waals surface area contributed by atoms with Crippen LogP contribution < -0.4 is 0 Å². The molecule has 0 saturated heterocycles. The van der Waals surface area contributed by atoms with Crippen molar-refractivity contribution in [3.05, 3.63) is 0 Å². The van der Waals surface area contributed by atoms with Crippen molar-refractivity contribution < 1.29 is 4.79 Å². The first kappa shape index (κ1) is 24.7. The number of unbranched alkanes of at least 4 members (excludes halogenated alkanes) is 13. The Kier molecular flexibility index (Phi) is 19.7. The first-order chi connectivity index (χ1) is 12.2. The summed E-state index contributed by atoms with van der Waals surface area (Å²) in [6.45, 7) is 6.87. The van der Waals surface area contributed by atoms with Crippen molar-refractivity contribution in [3.63, 3.8) is 0 Å². The molecule has 0 amide bonds. The van der Waals surface area contributed by atoms with Crippen molar-refractivity contribution in [1.29, 1.82) is 0 Å². The van der Waals surface area contributed by atoms with Crippen LogP contribution in [0.4, 0.5) is 0 Å². The fraction of sp³-hybridized carbons (Fsp3) is 0.958. The number of carbonyl (C=O) groups excluding carboxylic acids is 1. The summed E-state index contributed by atoms with van der Waals surface area (Å²) in [5.74, 6) is 1.24. The second-order valence-corrected chi connectivity index (χ2v) is 8.32. The lowest BCUT2D eigenvalue weighted by Gasteiger charge is -2.10. The summed E-state index contributed by atoms with van der Waals surface area (Å²) in [7, 11) is 0. The fourth-order valence-electron chi connectivity index (χ4n) is 3.58. The molecule has 0 fully saturated rings. The van der Waals surface area contributed by atoms with Gasteiger partial charge in [-0.25, -0.2) is 0 Å². The van der Waals surface area contributed by atoms with E-state index in [1.165, 1.54) is 96.3 Å². The molecule has 0 N–H and O–H groups in total. The van der Waals surface area contributed by atoms with E-state index in [1.807, 2.05) is 0 Å². The van der Waals surface area contributed by atoms with E-state index in [0.29, 0.717) is 5.78 Å². The highest BCUT2D eigenvalue weighted by Gasteiger charge is 2.07. The van der Waals surface area contributed by atoms with Gasteiger partial charge < -0.3 is 0 Å². The van der Waals surface area contributed by atoms with Crippen LogP contribution in [0.5, 0.6) is 0 Å². The molecule has 150 valence electrons. The van der Waals surface area contributed by atoms with E-state index < -0.39 is 0 Å². The second kappa shape index (κ2) is 20.0. The number of hydrogen-bond donors (Lipinski definition) is 0. The normalized spacial score (nSPS) is 12.4. The van der Waals surface area contributed by atoms with Crippen LogP contribution in [0.25, 0.3) is 0 Å². The Morgan fingerprint density at radius 3 is 1.52 bits per heavy atom. The van der Waals surface area contributed by atoms with Crippen molar-refractivity contribution in [3.8, 4) is 0 Å². The maximum absolute atomic E-state index is 12.0. The number of hydrogen-bond acceptors (Lipinski definition) is 1. The molecule has 0 bridgehead atoms. The van der Waals surface area contributed by atoms with Gasteiger partial charge in [0.15, 0.2) is 0 Å². The largest absolute Gasteiger partial charge is 0.300 e. The zero-order chi connectivity index (χ0) is 18.6. The van der Waals surface area contributed by atoms with E-state index in [4.69, 9.17) is 0 Å². The van der Waals surface area contributed by atoms with Gasteiger partial charge in [-0.1, -0.05) is 117 Å². The van der Waals surface area contributed by atoms with Gasteiger partial charge in [0.05, 0.1) is 0 Å². The summed E-state index contributed by atoms with van der Waals surface area (Å²) in [4.78, 5) is 12.0. The number of ketones is 1. The number of Topliss-reactive ketones (excluding diaryl/α,β-unsaturated/α-hetero) is 1. The Hall–Kier alpha value is -0.330. The molecule has 1 heteroatoms. The van der Waals surface area contributed by atoms with Crippen LogP contribution in [0.1, 0.15) is 143 Å². The molecule has 0 aromatic heterocycles. The van der Waals surface area contributed by atoms with Crippen LogP contribution in [0, 0.1) is 5.92 Å². The highest BCUT2D eigenvalue weighted by atomic mass is 16.1. The fourth-order valence-corrected chi connectivity index (χ4v) is 3.58. The third-order valence-electron chi connectivity index (χ3n) is 5.53. The van der Waals surface area contributed by atoms with Gasteiger partial charge in [0.2, 0.25) is 0 Å². The van der Waals surface area contributed by atoms with Crippen LogP contribution in [0.3, 0.4) is 0 Å². The highest BCUT2D eigenvalue weighted by molar-refractivity contribution is 5.78. The topological polar surface area (TPSA) is 17.1 Å². The molecule has 0 rings (SSSR count). The van der Waals surface area contributed by atoms with Crippen molar-refractivity contribution in [2.24, 2.45) is 5.92 Å². The van der Waals surface area contributed by atoms with E-state index in [-0.39, 0.29) is 0 Å². The van der Waals surface area contributed by atoms with Gasteiger partial charge in [-0.05, 0) is 18.8 Å². The molecule has 0 aromatic carbocycles. The Bertz CT molecular complexity index is 271. The molecule has 0 aliphatic carbocycles. The van der Waals surface area contributed by atoms with Gasteiger partial charge in [0, 0.05) is 12.8 Å². The van der Waals surface area contributed by atoms with Crippen LogP contribution in [0.15, 0.2) is 0 Å². The molecule has 0 aromatic rings. The molecule has 0 spiro atoms.